The Morgan fingerprint density at radius 3 is 2.56 bits per heavy atom. The molecule has 0 amide bonds. The molecule has 1 N–H and O–H groups in total. The van der Waals surface area contributed by atoms with Crippen molar-refractivity contribution in [3.63, 3.8) is 0 Å². The molecule has 0 bridgehead atoms. The van der Waals surface area contributed by atoms with Crippen LogP contribution in [0.25, 0.3) is 0 Å². The van der Waals surface area contributed by atoms with Crippen LogP contribution in [-0.2, 0) is 10.1 Å². The largest absolute Gasteiger partial charge is 0.335 e. The number of hydrogen-bond donors (Lipinski definition) is 1. The number of nitrogens with zero attached hydrogens (tertiary/aromatic N) is 2. The minimum absolute atomic E-state index is 0.248. The molecule has 0 radical (unpaired) electrons. The summed E-state index contributed by atoms with van der Waals surface area (Å²) >= 11 is 1.62. The number of thioether (sulfide) groups is 1. The van der Waals surface area contributed by atoms with Crippen LogP contribution in [-0.4, -0.2) is 31.5 Å². The third-order valence-corrected chi connectivity index (χ3v) is 5.55. The lowest BCUT2D eigenvalue weighted by atomic mass is 10.3. The van der Waals surface area contributed by atoms with E-state index in [1.165, 1.54) is 0 Å². The highest BCUT2D eigenvalue weighted by Crippen LogP contribution is 2.45. The lowest BCUT2D eigenvalue weighted by Crippen LogP contribution is -2.21. The van der Waals surface area contributed by atoms with Gasteiger partial charge in [0.25, 0.3) is 10.1 Å². The van der Waals surface area contributed by atoms with Crippen LogP contribution < -0.4 is 4.90 Å². The van der Waals surface area contributed by atoms with Gasteiger partial charge in [0.15, 0.2) is 0 Å². The molecule has 0 spiro atoms. The molecule has 0 atom stereocenters. The molecule has 0 unspecified atom stereocenters. The van der Waals surface area contributed by atoms with Crippen LogP contribution in [0.2, 0.25) is 0 Å². The van der Waals surface area contributed by atoms with E-state index in [-0.39, 0.29) is 5.75 Å². The van der Waals surface area contributed by atoms with Crippen LogP contribution in [0.4, 0.5) is 11.4 Å². The summed E-state index contributed by atoms with van der Waals surface area (Å²) in [5.74, 6) is -0.248. The standard InChI is InChI=1S/C18H18N2O3S2/c21-25(22,23)14-6-13-20-16-9-4-5-10-17(16)24-18(20)11-12-19-15-7-2-1-3-8-15/h1-5,7-12H,6,13-14H2,(H,21,22,23)/b18-11-,19-12+. The van der Waals surface area contributed by atoms with Crippen molar-refractivity contribution in [2.45, 2.75) is 11.3 Å². The van der Waals surface area contributed by atoms with Crippen LogP contribution >= 0.6 is 11.8 Å². The van der Waals surface area contributed by atoms with E-state index >= 15 is 0 Å². The van der Waals surface area contributed by atoms with Crippen molar-refractivity contribution in [2.75, 3.05) is 17.2 Å². The molecule has 0 aromatic heterocycles. The van der Waals surface area contributed by atoms with Gasteiger partial charge in [-0.3, -0.25) is 9.55 Å². The summed E-state index contributed by atoms with van der Waals surface area (Å²) in [5, 5.41) is 0.983. The Kier molecular flexibility index (Phi) is 5.57. The first-order valence-corrected chi connectivity index (χ1v) is 10.2. The number of allylic oxidation sites excluding steroid dienone is 1. The van der Waals surface area contributed by atoms with Gasteiger partial charge < -0.3 is 4.90 Å². The minimum atomic E-state index is -3.94. The van der Waals surface area contributed by atoms with Crippen LogP contribution in [0.15, 0.2) is 75.6 Å². The van der Waals surface area contributed by atoms with E-state index in [0.29, 0.717) is 13.0 Å². The molecule has 3 rings (SSSR count). The highest BCUT2D eigenvalue weighted by Gasteiger charge is 2.24. The minimum Gasteiger partial charge on any atom is -0.335 e. The van der Waals surface area contributed by atoms with Gasteiger partial charge in [-0.25, -0.2) is 0 Å². The first-order chi connectivity index (χ1) is 12.0. The number of aliphatic imine (C=N–C) groups is 1. The monoisotopic (exact) mass is 374 g/mol. The van der Waals surface area contributed by atoms with E-state index in [0.717, 1.165) is 21.3 Å². The third kappa shape index (κ3) is 4.94. The Morgan fingerprint density at radius 1 is 1.08 bits per heavy atom. The average molecular weight is 374 g/mol. The van der Waals surface area contributed by atoms with E-state index < -0.39 is 10.1 Å². The summed E-state index contributed by atoms with van der Waals surface area (Å²) in [6.07, 6.45) is 4.02. The highest BCUT2D eigenvalue weighted by atomic mass is 32.2. The molecule has 0 fully saturated rings. The number of para-hydroxylation sites is 2. The number of hydrogen-bond acceptors (Lipinski definition) is 5. The zero-order chi connectivity index (χ0) is 17.7. The maximum absolute atomic E-state index is 11.0. The Bertz CT molecular complexity index is 894. The van der Waals surface area contributed by atoms with Gasteiger partial charge in [0.2, 0.25) is 0 Å². The summed E-state index contributed by atoms with van der Waals surface area (Å²) in [6, 6.07) is 17.6. The van der Waals surface area contributed by atoms with Gasteiger partial charge >= 0.3 is 0 Å². The fourth-order valence-electron chi connectivity index (χ4n) is 2.51. The number of fused-ring (bicyclic) bond motifs is 1. The van der Waals surface area contributed by atoms with Crippen molar-refractivity contribution in [2.24, 2.45) is 4.99 Å². The SMILES string of the molecule is O=S(=O)(O)CCCN1/C(=C/C=N/c2ccccc2)Sc2ccccc21. The van der Waals surface area contributed by atoms with Gasteiger partial charge in [0.1, 0.15) is 0 Å². The average Bonchev–Trinajstić information content (AvgIpc) is 2.93. The molecule has 1 heterocycles. The zero-order valence-corrected chi connectivity index (χ0v) is 15.1. The van der Waals surface area contributed by atoms with Gasteiger partial charge in [-0.2, -0.15) is 8.42 Å². The predicted octanol–water partition coefficient (Wildman–Crippen LogP) is 4.12. The first-order valence-electron chi connectivity index (χ1n) is 7.82. The van der Waals surface area contributed by atoms with Crippen molar-refractivity contribution in [3.8, 4) is 0 Å². The van der Waals surface area contributed by atoms with Gasteiger partial charge in [0, 0.05) is 17.7 Å². The molecule has 2 aromatic carbocycles. The molecule has 1 aliphatic heterocycles. The highest BCUT2D eigenvalue weighted by molar-refractivity contribution is 8.03. The van der Waals surface area contributed by atoms with Gasteiger partial charge in [-0.1, -0.05) is 42.1 Å². The van der Waals surface area contributed by atoms with E-state index in [9.17, 15) is 8.42 Å². The summed E-state index contributed by atoms with van der Waals surface area (Å²) in [5.41, 5.74) is 1.92. The molecule has 1 aliphatic rings. The quantitative estimate of drug-likeness (QED) is 0.608. The Morgan fingerprint density at radius 2 is 1.80 bits per heavy atom. The topological polar surface area (TPSA) is 70.0 Å². The molecule has 0 aliphatic carbocycles. The summed E-state index contributed by atoms with van der Waals surface area (Å²) in [4.78, 5) is 7.59. The molecule has 0 saturated carbocycles. The van der Waals surface area contributed by atoms with Crippen molar-refractivity contribution in [1.29, 1.82) is 0 Å². The van der Waals surface area contributed by atoms with Crippen molar-refractivity contribution in [1.82, 2.24) is 0 Å². The molecule has 0 saturated heterocycles. The second-order valence-electron chi connectivity index (χ2n) is 5.48. The lowest BCUT2D eigenvalue weighted by Gasteiger charge is -2.19. The van der Waals surface area contributed by atoms with Crippen LogP contribution in [0, 0.1) is 0 Å². The van der Waals surface area contributed by atoms with Crippen molar-refractivity contribution in [3.05, 3.63) is 65.7 Å². The number of benzene rings is 2. The fraction of sp³-hybridized carbons (Fsp3) is 0.167. The van der Waals surface area contributed by atoms with Gasteiger partial charge in [-0.15, -0.1) is 0 Å². The maximum atomic E-state index is 11.0. The molecule has 2 aromatic rings. The molecule has 5 nitrogen and oxygen atoms in total. The van der Waals surface area contributed by atoms with Crippen molar-refractivity contribution < 1.29 is 13.0 Å². The van der Waals surface area contributed by atoms with Gasteiger partial charge in [-0.05, 0) is 36.8 Å². The maximum Gasteiger partial charge on any atom is 0.264 e. The van der Waals surface area contributed by atoms with Crippen LogP contribution in [0.1, 0.15) is 6.42 Å². The molecule has 130 valence electrons. The van der Waals surface area contributed by atoms with Crippen LogP contribution in [0.3, 0.4) is 0 Å². The molecule has 25 heavy (non-hydrogen) atoms. The lowest BCUT2D eigenvalue weighted by molar-refractivity contribution is 0.481. The molecule has 7 heteroatoms. The third-order valence-electron chi connectivity index (χ3n) is 3.62. The van der Waals surface area contributed by atoms with E-state index in [1.807, 2.05) is 60.7 Å². The number of anilines is 1. The zero-order valence-electron chi connectivity index (χ0n) is 13.4. The van der Waals surface area contributed by atoms with E-state index in [4.69, 9.17) is 4.55 Å². The molecular weight excluding hydrogens is 356 g/mol. The summed E-state index contributed by atoms with van der Waals surface area (Å²) in [7, 11) is -3.94. The van der Waals surface area contributed by atoms with Crippen LogP contribution in [0.5, 0.6) is 0 Å². The second kappa shape index (κ2) is 7.86. The fourth-order valence-corrected chi connectivity index (χ4v) is 4.09. The molecular formula is C18H18N2O3S2. The van der Waals surface area contributed by atoms with Crippen molar-refractivity contribution >= 4 is 39.5 Å². The second-order valence-corrected chi connectivity index (χ2v) is 8.11. The Labute approximate surface area is 151 Å². The van der Waals surface area contributed by atoms with E-state index in [1.54, 1.807) is 18.0 Å². The summed E-state index contributed by atoms with van der Waals surface area (Å²) < 4.78 is 30.8. The Hall–Kier alpha value is -2.09. The Balaban J connectivity index is 1.77. The normalized spacial score (nSPS) is 15.9. The predicted molar refractivity (Wildman–Crippen MR) is 103 cm³/mol. The van der Waals surface area contributed by atoms with E-state index in [2.05, 4.69) is 9.89 Å². The summed E-state index contributed by atoms with van der Waals surface area (Å²) in [6.45, 7) is 0.509. The smallest absolute Gasteiger partial charge is 0.264 e. The number of rotatable bonds is 6. The first kappa shape index (κ1) is 17.7. The van der Waals surface area contributed by atoms with Gasteiger partial charge in [0.05, 0.1) is 22.2 Å².